The van der Waals surface area contributed by atoms with Crippen LogP contribution in [0.4, 0.5) is 4.79 Å². The molecule has 0 unspecified atom stereocenters. The number of hydrogen-bond donors (Lipinski definition) is 0. The van der Waals surface area contributed by atoms with Crippen LogP contribution in [0.2, 0.25) is 0 Å². The van der Waals surface area contributed by atoms with Gasteiger partial charge >= 0.3 is 6.09 Å². The van der Waals surface area contributed by atoms with E-state index in [2.05, 4.69) is 16.9 Å². The Balaban J connectivity index is 1.60. The molecule has 3 aliphatic rings. The Morgan fingerprint density at radius 1 is 1.25 bits per heavy atom. The minimum atomic E-state index is -0.445. The van der Waals surface area contributed by atoms with Gasteiger partial charge in [-0.3, -0.25) is 0 Å². The van der Waals surface area contributed by atoms with E-state index in [-0.39, 0.29) is 12.1 Å². The predicted molar refractivity (Wildman–Crippen MR) is 92.5 cm³/mol. The van der Waals surface area contributed by atoms with Gasteiger partial charge in [-0.2, -0.15) is 0 Å². The van der Waals surface area contributed by atoms with Gasteiger partial charge in [0.1, 0.15) is 5.60 Å². The van der Waals surface area contributed by atoms with Crippen LogP contribution in [-0.2, 0) is 4.74 Å². The molecular formula is C18H30N4O2. The van der Waals surface area contributed by atoms with Gasteiger partial charge in [-0.15, -0.1) is 0 Å². The number of nitrogens with zero attached hydrogens (tertiary/aromatic N) is 4. The molecule has 134 valence electrons. The first-order valence-corrected chi connectivity index (χ1v) is 9.25. The van der Waals surface area contributed by atoms with E-state index in [0.717, 1.165) is 25.8 Å². The molecular weight excluding hydrogens is 304 g/mol. The molecule has 0 aromatic heterocycles. The first-order valence-electron chi connectivity index (χ1n) is 9.25. The fraction of sp³-hybridized carbons (Fsp3) is 0.944. The highest BCUT2D eigenvalue weighted by atomic mass is 16.6. The number of hydrogen-bond acceptors (Lipinski definition) is 3. The normalized spacial score (nSPS) is 38.8. The van der Waals surface area contributed by atoms with E-state index >= 15 is 0 Å². The minimum Gasteiger partial charge on any atom is -0.444 e. The Hall–Kier alpha value is -1.42. The highest BCUT2D eigenvalue weighted by molar-refractivity contribution is 5.68. The van der Waals surface area contributed by atoms with Gasteiger partial charge in [0.2, 0.25) is 0 Å². The molecule has 6 nitrogen and oxygen atoms in total. The van der Waals surface area contributed by atoms with Gasteiger partial charge in [0.05, 0.1) is 0 Å². The number of likely N-dealkylation sites (tertiary alicyclic amines) is 1. The van der Waals surface area contributed by atoms with Crippen molar-refractivity contribution in [3.05, 3.63) is 10.4 Å². The van der Waals surface area contributed by atoms with E-state index in [9.17, 15) is 4.79 Å². The van der Waals surface area contributed by atoms with Gasteiger partial charge < -0.3 is 9.64 Å². The second-order valence-corrected chi connectivity index (χ2v) is 9.32. The van der Waals surface area contributed by atoms with Gasteiger partial charge in [0, 0.05) is 23.5 Å². The van der Waals surface area contributed by atoms with Gasteiger partial charge in [0.15, 0.2) is 0 Å². The molecule has 3 rings (SSSR count). The van der Waals surface area contributed by atoms with Crippen LogP contribution in [0, 0.1) is 17.3 Å². The SMILES string of the molecule is C[C@@H]1CC[C@@H](C2CC3(CC(N=[N+]=[N-])C3)C2)N(C(=O)OC(C)(C)C)C1. The van der Waals surface area contributed by atoms with Gasteiger partial charge in [0.25, 0.3) is 0 Å². The molecule has 2 saturated carbocycles. The Labute approximate surface area is 144 Å². The number of rotatable bonds is 2. The molecule has 1 saturated heterocycles. The summed E-state index contributed by atoms with van der Waals surface area (Å²) in [4.78, 5) is 17.6. The topological polar surface area (TPSA) is 78.3 Å². The first kappa shape index (κ1) is 17.4. The van der Waals surface area contributed by atoms with Crippen molar-refractivity contribution in [1.82, 2.24) is 4.90 Å². The molecule has 0 N–H and O–H groups in total. The number of amides is 1. The lowest BCUT2D eigenvalue weighted by atomic mass is 9.48. The van der Waals surface area contributed by atoms with Crippen molar-refractivity contribution in [3.63, 3.8) is 0 Å². The summed E-state index contributed by atoms with van der Waals surface area (Å²) in [6.45, 7) is 8.80. The molecule has 0 bridgehead atoms. The maximum absolute atomic E-state index is 12.6. The second-order valence-electron chi connectivity index (χ2n) is 9.32. The highest BCUT2D eigenvalue weighted by Crippen LogP contribution is 2.61. The van der Waals surface area contributed by atoms with Crippen LogP contribution < -0.4 is 0 Å². The van der Waals surface area contributed by atoms with Gasteiger partial charge in [-0.05, 0) is 82.1 Å². The van der Waals surface area contributed by atoms with E-state index in [1.54, 1.807) is 0 Å². The van der Waals surface area contributed by atoms with Crippen molar-refractivity contribution in [2.24, 2.45) is 22.4 Å². The van der Waals surface area contributed by atoms with Crippen molar-refractivity contribution in [1.29, 1.82) is 0 Å². The molecule has 1 heterocycles. The molecule has 1 amide bonds. The minimum absolute atomic E-state index is 0.152. The average Bonchev–Trinajstić information content (AvgIpc) is 2.38. The van der Waals surface area contributed by atoms with Crippen LogP contribution in [0.15, 0.2) is 5.11 Å². The second kappa shape index (κ2) is 6.14. The highest BCUT2D eigenvalue weighted by Gasteiger charge is 2.55. The maximum atomic E-state index is 12.6. The van der Waals surface area contributed by atoms with E-state index in [0.29, 0.717) is 23.3 Å². The molecule has 3 fully saturated rings. The summed E-state index contributed by atoms with van der Waals surface area (Å²) in [5.41, 5.74) is 8.48. The van der Waals surface area contributed by atoms with E-state index < -0.39 is 5.60 Å². The van der Waals surface area contributed by atoms with E-state index in [1.165, 1.54) is 19.3 Å². The van der Waals surface area contributed by atoms with Crippen LogP contribution in [0.25, 0.3) is 10.4 Å². The lowest BCUT2D eigenvalue weighted by Crippen LogP contribution is -2.58. The molecule has 24 heavy (non-hydrogen) atoms. The maximum Gasteiger partial charge on any atom is 0.410 e. The molecule has 6 heteroatoms. The lowest BCUT2D eigenvalue weighted by molar-refractivity contribution is -0.0864. The largest absolute Gasteiger partial charge is 0.444 e. The van der Waals surface area contributed by atoms with Crippen LogP contribution in [-0.4, -0.2) is 35.2 Å². The first-order chi connectivity index (χ1) is 11.2. The quantitative estimate of drug-likeness (QED) is 0.409. The van der Waals surface area contributed by atoms with Gasteiger partial charge in [-0.25, -0.2) is 4.79 Å². The molecule has 2 aliphatic carbocycles. The summed E-state index contributed by atoms with van der Waals surface area (Å²) in [6.07, 6.45) is 6.52. The summed E-state index contributed by atoms with van der Waals surface area (Å²) in [5.74, 6) is 1.12. The van der Waals surface area contributed by atoms with Gasteiger partial charge in [-0.1, -0.05) is 12.0 Å². The molecule has 0 aromatic carbocycles. The van der Waals surface area contributed by atoms with Crippen LogP contribution >= 0.6 is 0 Å². The third-order valence-corrected chi connectivity index (χ3v) is 5.98. The number of ether oxygens (including phenoxy) is 1. The average molecular weight is 334 g/mol. The fourth-order valence-electron chi connectivity index (χ4n) is 4.95. The van der Waals surface area contributed by atoms with Crippen molar-refractivity contribution in [2.75, 3.05) is 6.54 Å². The van der Waals surface area contributed by atoms with Crippen LogP contribution in [0.1, 0.15) is 66.2 Å². The summed E-state index contributed by atoms with van der Waals surface area (Å²) < 4.78 is 5.65. The third kappa shape index (κ3) is 3.49. The number of carbonyl (C=O) groups is 1. The summed E-state index contributed by atoms with van der Waals surface area (Å²) in [7, 11) is 0. The monoisotopic (exact) mass is 334 g/mol. The predicted octanol–water partition coefficient (Wildman–Crippen LogP) is 4.89. The zero-order valence-corrected chi connectivity index (χ0v) is 15.4. The molecule has 1 spiro atoms. The van der Waals surface area contributed by atoms with Crippen molar-refractivity contribution in [2.45, 2.75) is 83.9 Å². The lowest BCUT2D eigenvalue weighted by Gasteiger charge is -2.60. The third-order valence-electron chi connectivity index (χ3n) is 5.98. The Kier molecular flexibility index (Phi) is 4.45. The Morgan fingerprint density at radius 2 is 1.92 bits per heavy atom. The van der Waals surface area contributed by atoms with Crippen molar-refractivity contribution >= 4 is 6.09 Å². The van der Waals surface area contributed by atoms with Crippen LogP contribution in [0.5, 0.6) is 0 Å². The van der Waals surface area contributed by atoms with Crippen molar-refractivity contribution in [3.8, 4) is 0 Å². The summed E-state index contributed by atoms with van der Waals surface area (Å²) >= 11 is 0. The summed E-state index contributed by atoms with van der Waals surface area (Å²) in [5, 5.41) is 3.83. The summed E-state index contributed by atoms with van der Waals surface area (Å²) in [6, 6.07) is 0.518. The molecule has 0 radical (unpaired) electrons. The van der Waals surface area contributed by atoms with E-state index in [4.69, 9.17) is 10.3 Å². The number of piperidine rings is 1. The zero-order chi connectivity index (χ0) is 17.5. The standard InChI is InChI=1S/C18H30N4O2/c1-12-5-6-15(22(11-12)16(23)24-17(2,3)4)13-7-18(8-13)9-14(10-18)20-21-19/h12-15H,5-11H2,1-4H3/t12-,13?,14?,15+,18?/m1/s1. The van der Waals surface area contributed by atoms with Crippen LogP contribution in [0.3, 0.4) is 0 Å². The molecule has 1 aliphatic heterocycles. The Bertz CT molecular complexity index is 536. The molecule has 0 aromatic rings. The smallest absolute Gasteiger partial charge is 0.410 e. The number of azide groups is 1. The number of carbonyl (C=O) groups excluding carboxylic acids is 1. The van der Waals surface area contributed by atoms with E-state index in [1.807, 2.05) is 25.7 Å². The molecule has 2 atom stereocenters. The van der Waals surface area contributed by atoms with Crippen molar-refractivity contribution < 1.29 is 9.53 Å². The zero-order valence-electron chi connectivity index (χ0n) is 15.4. The Morgan fingerprint density at radius 3 is 2.50 bits per heavy atom. The fourth-order valence-corrected chi connectivity index (χ4v) is 4.95.